The van der Waals surface area contributed by atoms with Gasteiger partial charge in [0.15, 0.2) is 0 Å². The van der Waals surface area contributed by atoms with Gasteiger partial charge in [-0.15, -0.1) is 16.4 Å². The molecule has 0 aliphatic rings. The fraction of sp³-hybridized carbons (Fsp3) is 0.375. The molecule has 10 heteroatoms. The van der Waals surface area contributed by atoms with Crippen LogP contribution in [0.3, 0.4) is 0 Å². The van der Waals surface area contributed by atoms with Crippen LogP contribution < -0.4 is 5.01 Å². The van der Waals surface area contributed by atoms with Crippen LogP contribution in [0.25, 0.3) is 0 Å². The van der Waals surface area contributed by atoms with Crippen molar-refractivity contribution in [3.05, 3.63) is 16.0 Å². The molecule has 0 unspecified atom stereocenters. The number of thiophene rings is 1. The average molecular weight is 376 g/mol. The Morgan fingerprint density at radius 2 is 1.65 bits per heavy atom. The first-order chi connectivity index (χ1) is 12.3. The van der Waals surface area contributed by atoms with Gasteiger partial charge in [-0.3, -0.25) is 4.79 Å². The normalized spacial score (nSPS) is 9.46. The van der Waals surface area contributed by atoms with Crippen molar-refractivity contribution in [3.63, 3.8) is 0 Å². The first kappa shape index (κ1) is 20.8. The SMILES string of the molecule is CCOC(=O)c1sc(N(N=C(C#N)C#N)C(C)=O)c(C(=O)OCC)c1C. The summed E-state index contributed by atoms with van der Waals surface area (Å²) < 4.78 is 9.95. The van der Waals surface area contributed by atoms with Gasteiger partial charge in [-0.05, 0) is 26.3 Å². The molecule has 1 aromatic rings. The van der Waals surface area contributed by atoms with Crippen LogP contribution in [0, 0.1) is 29.6 Å². The molecular weight excluding hydrogens is 360 g/mol. The van der Waals surface area contributed by atoms with Crippen molar-refractivity contribution in [2.45, 2.75) is 27.7 Å². The third-order valence-electron chi connectivity index (χ3n) is 2.97. The zero-order chi connectivity index (χ0) is 19.9. The number of carbonyl (C=O) groups excluding carboxylic acids is 3. The molecule has 0 saturated heterocycles. The van der Waals surface area contributed by atoms with Crippen molar-refractivity contribution in [1.29, 1.82) is 10.5 Å². The Labute approximate surface area is 154 Å². The third kappa shape index (κ3) is 4.43. The summed E-state index contributed by atoms with van der Waals surface area (Å²) in [7, 11) is 0. The van der Waals surface area contributed by atoms with E-state index in [4.69, 9.17) is 20.0 Å². The van der Waals surface area contributed by atoms with E-state index in [2.05, 4.69) is 5.10 Å². The first-order valence-electron chi connectivity index (χ1n) is 7.49. The van der Waals surface area contributed by atoms with E-state index < -0.39 is 23.6 Å². The molecule has 1 rings (SSSR count). The molecule has 0 aromatic carbocycles. The van der Waals surface area contributed by atoms with Gasteiger partial charge >= 0.3 is 11.9 Å². The van der Waals surface area contributed by atoms with E-state index >= 15 is 0 Å². The highest BCUT2D eigenvalue weighted by molar-refractivity contribution is 7.18. The van der Waals surface area contributed by atoms with E-state index in [1.807, 2.05) is 0 Å². The first-order valence-corrected chi connectivity index (χ1v) is 8.30. The van der Waals surface area contributed by atoms with Crippen molar-refractivity contribution in [2.24, 2.45) is 5.10 Å². The van der Waals surface area contributed by atoms with Gasteiger partial charge in [0.1, 0.15) is 27.6 Å². The molecule has 0 N–H and O–H groups in total. The minimum atomic E-state index is -0.760. The number of hydrazone groups is 1. The summed E-state index contributed by atoms with van der Waals surface area (Å²) in [5.41, 5.74) is -0.369. The van der Waals surface area contributed by atoms with E-state index in [0.29, 0.717) is 0 Å². The van der Waals surface area contributed by atoms with Gasteiger partial charge in [-0.1, -0.05) is 0 Å². The van der Waals surface area contributed by atoms with Gasteiger partial charge in [0.25, 0.3) is 0 Å². The lowest BCUT2D eigenvalue weighted by molar-refractivity contribution is -0.116. The van der Waals surface area contributed by atoms with Crippen LogP contribution in [0.4, 0.5) is 5.00 Å². The third-order valence-corrected chi connectivity index (χ3v) is 4.22. The lowest BCUT2D eigenvalue weighted by atomic mass is 10.1. The highest BCUT2D eigenvalue weighted by atomic mass is 32.1. The molecule has 0 bridgehead atoms. The fourth-order valence-electron chi connectivity index (χ4n) is 1.91. The summed E-state index contributed by atoms with van der Waals surface area (Å²) in [5.74, 6) is -2.08. The van der Waals surface area contributed by atoms with E-state index in [9.17, 15) is 14.4 Å². The smallest absolute Gasteiger partial charge is 0.348 e. The second-order valence-corrected chi connectivity index (χ2v) is 5.68. The summed E-state index contributed by atoms with van der Waals surface area (Å²) in [5, 5.41) is 22.1. The van der Waals surface area contributed by atoms with Gasteiger partial charge in [-0.2, -0.15) is 15.5 Å². The van der Waals surface area contributed by atoms with Crippen LogP contribution in [0.5, 0.6) is 0 Å². The molecule has 136 valence electrons. The zero-order valence-corrected chi connectivity index (χ0v) is 15.5. The fourth-order valence-corrected chi connectivity index (χ4v) is 3.10. The summed E-state index contributed by atoms with van der Waals surface area (Å²) in [6, 6.07) is 3.07. The molecule has 0 aliphatic carbocycles. The number of anilines is 1. The van der Waals surface area contributed by atoms with Gasteiger partial charge in [-0.25, -0.2) is 9.59 Å². The highest BCUT2D eigenvalue weighted by Gasteiger charge is 2.31. The molecule has 1 aromatic heterocycles. The van der Waals surface area contributed by atoms with Crippen LogP contribution in [-0.4, -0.2) is 36.8 Å². The number of ether oxygens (including phenoxy) is 2. The van der Waals surface area contributed by atoms with E-state index in [-0.39, 0.29) is 34.2 Å². The summed E-state index contributed by atoms with van der Waals surface area (Å²) in [6.07, 6.45) is 0. The second kappa shape index (κ2) is 9.30. The number of esters is 2. The number of amides is 1. The summed E-state index contributed by atoms with van der Waals surface area (Å²) in [6.45, 7) is 6.09. The number of nitrogens with zero attached hydrogens (tertiary/aromatic N) is 4. The molecule has 0 spiro atoms. The molecule has 26 heavy (non-hydrogen) atoms. The van der Waals surface area contributed by atoms with Crippen molar-refractivity contribution < 1.29 is 23.9 Å². The molecule has 0 radical (unpaired) electrons. The maximum Gasteiger partial charge on any atom is 0.348 e. The topological polar surface area (TPSA) is 133 Å². The maximum atomic E-state index is 12.3. The highest BCUT2D eigenvalue weighted by Crippen LogP contribution is 2.37. The Kier molecular flexibility index (Phi) is 7.44. The monoisotopic (exact) mass is 376 g/mol. The Hall–Kier alpha value is -3.24. The molecule has 0 aliphatic heterocycles. The van der Waals surface area contributed by atoms with Crippen LogP contribution in [0.2, 0.25) is 0 Å². The Balaban J connectivity index is 3.68. The van der Waals surface area contributed by atoms with Crippen LogP contribution >= 0.6 is 11.3 Å². The molecule has 0 atom stereocenters. The number of rotatable bonds is 6. The standard InChI is InChI=1S/C16H16N4O5S/c1-5-24-15(22)12-9(3)13(16(23)25-6-2)26-14(12)20(10(4)21)19-11(7-17)8-18/h5-6H2,1-4H3. The molecule has 9 nitrogen and oxygen atoms in total. The molecule has 1 amide bonds. The van der Waals surface area contributed by atoms with Crippen LogP contribution in [0.1, 0.15) is 46.4 Å². The van der Waals surface area contributed by atoms with Gasteiger partial charge in [0.2, 0.25) is 11.6 Å². The number of hydrogen-bond donors (Lipinski definition) is 0. The predicted octanol–water partition coefficient (Wildman–Crippen LogP) is 2.17. The van der Waals surface area contributed by atoms with E-state index in [0.717, 1.165) is 23.3 Å². The van der Waals surface area contributed by atoms with E-state index in [1.165, 1.54) is 19.1 Å². The summed E-state index contributed by atoms with van der Waals surface area (Å²) in [4.78, 5) is 36.6. The summed E-state index contributed by atoms with van der Waals surface area (Å²) >= 11 is 0.792. The van der Waals surface area contributed by atoms with Crippen LogP contribution in [0.15, 0.2) is 5.10 Å². The number of carbonyl (C=O) groups is 3. The quantitative estimate of drug-likeness (QED) is 0.422. The van der Waals surface area contributed by atoms with Crippen molar-refractivity contribution >= 4 is 39.9 Å². The van der Waals surface area contributed by atoms with Crippen molar-refractivity contribution in [1.82, 2.24) is 0 Å². The average Bonchev–Trinajstić information content (AvgIpc) is 2.93. The predicted molar refractivity (Wildman–Crippen MR) is 92.8 cm³/mol. The van der Waals surface area contributed by atoms with Gasteiger partial charge in [0.05, 0.1) is 13.2 Å². The second-order valence-electron chi connectivity index (χ2n) is 4.68. The largest absolute Gasteiger partial charge is 0.462 e. The number of nitriles is 2. The lowest BCUT2D eigenvalue weighted by Gasteiger charge is -2.14. The van der Waals surface area contributed by atoms with Crippen molar-refractivity contribution in [3.8, 4) is 12.1 Å². The Bertz CT molecular complexity index is 828. The van der Waals surface area contributed by atoms with E-state index in [1.54, 1.807) is 13.8 Å². The Morgan fingerprint density at radius 3 is 2.12 bits per heavy atom. The molecule has 1 heterocycles. The van der Waals surface area contributed by atoms with Gasteiger partial charge in [0, 0.05) is 6.92 Å². The van der Waals surface area contributed by atoms with Crippen molar-refractivity contribution in [2.75, 3.05) is 18.2 Å². The minimum Gasteiger partial charge on any atom is -0.462 e. The number of hydrogen-bond acceptors (Lipinski definition) is 9. The zero-order valence-electron chi connectivity index (χ0n) is 14.7. The van der Waals surface area contributed by atoms with Crippen LogP contribution in [-0.2, 0) is 14.3 Å². The molecule has 0 fully saturated rings. The molecule has 0 saturated carbocycles. The van der Waals surface area contributed by atoms with Gasteiger partial charge < -0.3 is 9.47 Å². The lowest BCUT2D eigenvalue weighted by Crippen LogP contribution is -2.25. The minimum absolute atomic E-state index is 0.0282. The Morgan fingerprint density at radius 1 is 1.12 bits per heavy atom. The molecular formula is C16H16N4O5S. The maximum absolute atomic E-state index is 12.3.